The van der Waals surface area contributed by atoms with Gasteiger partial charge in [-0.1, -0.05) is 20.8 Å². The van der Waals surface area contributed by atoms with Gasteiger partial charge in [0.25, 0.3) is 0 Å². The van der Waals surface area contributed by atoms with Crippen LogP contribution in [-0.2, 0) is 0 Å². The third-order valence-electron chi connectivity index (χ3n) is 4.32. The topological polar surface area (TPSA) is 21.3 Å². The van der Waals surface area contributed by atoms with E-state index in [0.29, 0.717) is 11.6 Å². The van der Waals surface area contributed by atoms with Crippen LogP contribution in [0.2, 0.25) is 0 Å². The van der Waals surface area contributed by atoms with Crippen LogP contribution in [0.25, 0.3) is 0 Å². The molecule has 1 aliphatic carbocycles. The Morgan fingerprint density at radius 3 is 2.80 bits per heavy atom. The van der Waals surface area contributed by atoms with E-state index in [2.05, 4.69) is 26.1 Å². The maximum atomic E-state index is 13.3. The van der Waals surface area contributed by atoms with Gasteiger partial charge in [0.05, 0.1) is 0 Å². The van der Waals surface area contributed by atoms with Gasteiger partial charge in [-0.25, -0.2) is 4.39 Å². The Morgan fingerprint density at radius 2 is 2.15 bits per heavy atom. The molecule has 1 aromatic rings. The summed E-state index contributed by atoms with van der Waals surface area (Å²) >= 11 is 0. The summed E-state index contributed by atoms with van der Waals surface area (Å²) in [5.41, 5.74) is 0.882. The number of hydrogen-bond acceptors (Lipinski definition) is 2. The fraction of sp³-hybridized carbons (Fsp3) is 0.647. The van der Waals surface area contributed by atoms with Crippen molar-refractivity contribution in [1.82, 2.24) is 5.32 Å². The molecule has 0 aromatic heterocycles. The highest BCUT2D eigenvalue weighted by Crippen LogP contribution is 2.39. The second-order valence-corrected chi connectivity index (χ2v) is 6.53. The minimum Gasteiger partial charge on any atom is -0.489 e. The molecular formula is C17H26FNO. The number of benzene rings is 1. The van der Waals surface area contributed by atoms with Gasteiger partial charge in [-0.3, -0.25) is 0 Å². The SMILES string of the molecule is CCCNC1C(Oc2ccc(F)c(C)c2)CCC1(C)C. The lowest BCUT2D eigenvalue weighted by molar-refractivity contribution is 0.140. The average molecular weight is 279 g/mol. The number of rotatable bonds is 5. The summed E-state index contributed by atoms with van der Waals surface area (Å²) in [6.45, 7) is 9.54. The molecule has 1 aliphatic rings. The fourth-order valence-electron chi connectivity index (χ4n) is 3.04. The van der Waals surface area contributed by atoms with Gasteiger partial charge in [-0.15, -0.1) is 0 Å². The molecule has 0 heterocycles. The monoisotopic (exact) mass is 279 g/mol. The quantitative estimate of drug-likeness (QED) is 0.877. The lowest BCUT2D eigenvalue weighted by Gasteiger charge is -2.31. The third kappa shape index (κ3) is 3.32. The van der Waals surface area contributed by atoms with Gasteiger partial charge >= 0.3 is 0 Å². The van der Waals surface area contributed by atoms with Gasteiger partial charge < -0.3 is 10.1 Å². The van der Waals surface area contributed by atoms with Gasteiger partial charge in [-0.05, 0) is 61.9 Å². The zero-order valence-electron chi connectivity index (χ0n) is 13.0. The first-order valence-electron chi connectivity index (χ1n) is 7.60. The van der Waals surface area contributed by atoms with Crippen molar-refractivity contribution in [2.45, 2.75) is 59.1 Å². The molecule has 1 saturated carbocycles. The Bertz CT molecular complexity index is 458. The maximum absolute atomic E-state index is 13.3. The molecule has 1 fully saturated rings. The third-order valence-corrected chi connectivity index (χ3v) is 4.32. The van der Waals surface area contributed by atoms with E-state index in [9.17, 15) is 4.39 Å². The molecule has 0 bridgehead atoms. The minimum atomic E-state index is -0.176. The summed E-state index contributed by atoms with van der Waals surface area (Å²) in [5, 5.41) is 3.62. The highest BCUT2D eigenvalue weighted by Gasteiger charge is 2.42. The second kappa shape index (κ2) is 6.13. The fourth-order valence-corrected chi connectivity index (χ4v) is 3.04. The lowest BCUT2D eigenvalue weighted by atomic mass is 9.87. The van der Waals surface area contributed by atoms with Crippen molar-refractivity contribution in [3.63, 3.8) is 0 Å². The molecule has 3 heteroatoms. The smallest absolute Gasteiger partial charge is 0.126 e. The highest BCUT2D eigenvalue weighted by molar-refractivity contribution is 5.29. The number of nitrogens with one attached hydrogen (secondary N) is 1. The van der Waals surface area contributed by atoms with Crippen molar-refractivity contribution < 1.29 is 9.13 Å². The van der Waals surface area contributed by atoms with E-state index in [0.717, 1.165) is 31.6 Å². The van der Waals surface area contributed by atoms with Crippen molar-refractivity contribution >= 4 is 0 Å². The molecule has 1 aromatic carbocycles. The molecule has 20 heavy (non-hydrogen) atoms. The van der Waals surface area contributed by atoms with Crippen molar-refractivity contribution in [1.29, 1.82) is 0 Å². The largest absolute Gasteiger partial charge is 0.489 e. The van der Waals surface area contributed by atoms with Crippen LogP contribution in [0.4, 0.5) is 4.39 Å². The lowest BCUT2D eigenvalue weighted by Crippen LogP contribution is -2.47. The molecule has 0 amide bonds. The molecule has 0 saturated heterocycles. The summed E-state index contributed by atoms with van der Waals surface area (Å²) in [6, 6.07) is 5.36. The number of hydrogen-bond donors (Lipinski definition) is 1. The van der Waals surface area contributed by atoms with Gasteiger partial charge in [-0.2, -0.15) is 0 Å². The van der Waals surface area contributed by atoms with E-state index < -0.39 is 0 Å². The summed E-state index contributed by atoms with van der Waals surface area (Å²) in [4.78, 5) is 0. The molecule has 2 rings (SSSR count). The summed E-state index contributed by atoms with van der Waals surface area (Å²) in [6.07, 6.45) is 3.49. The molecular weight excluding hydrogens is 253 g/mol. The minimum absolute atomic E-state index is 0.168. The van der Waals surface area contributed by atoms with E-state index in [1.807, 2.05) is 0 Å². The standard InChI is InChI=1S/C17H26FNO/c1-5-10-19-16-15(8-9-17(16,3)4)20-13-6-7-14(18)12(2)11-13/h6-7,11,15-16,19H,5,8-10H2,1-4H3. The van der Waals surface area contributed by atoms with Crippen molar-refractivity contribution in [3.8, 4) is 5.75 Å². The maximum Gasteiger partial charge on any atom is 0.126 e. The summed E-state index contributed by atoms with van der Waals surface area (Å²) in [7, 11) is 0. The van der Waals surface area contributed by atoms with Crippen molar-refractivity contribution in [2.24, 2.45) is 5.41 Å². The average Bonchev–Trinajstić information content (AvgIpc) is 2.67. The van der Waals surface area contributed by atoms with Gasteiger partial charge in [0.2, 0.25) is 0 Å². The first-order valence-corrected chi connectivity index (χ1v) is 7.60. The Balaban J connectivity index is 2.08. The Kier molecular flexibility index (Phi) is 4.69. The molecule has 0 aliphatic heterocycles. The molecule has 2 atom stereocenters. The molecule has 0 spiro atoms. The van der Waals surface area contributed by atoms with Crippen LogP contribution in [0.15, 0.2) is 18.2 Å². The van der Waals surface area contributed by atoms with E-state index in [-0.39, 0.29) is 17.3 Å². The summed E-state index contributed by atoms with van der Waals surface area (Å²) < 4.78 is 19.4. The molecule has 1 N–H and O–H groups in total. The van der Waals surface area contributed by atoms with Crippen LogP contribution in [0.3, 0.4) is 0 Å². The molecule has 0 radical (unpaired) electrons. The van der Waals surface area contributed by atoms with Crippen LogP contribution in [-0.4, -0.2) is 18.7 Å². The normalized spacial score (nSPS) is 24.9. The van der Waals surface area contributed by atoms with Crippen LogP contribution in [0, 0.1) is 18.2 Å². The first kappa shape index (κ1) is 15.3. The second-order valence-electron chi connectivity index (χ2n) is 6.53. The first-order chi connectivity index (χ1) is 9.44. The van der Waals surface area contributed by atoms with Crippen molar-refractivity contribution in [2.75, 3.05) is 6.54 Å². The molecule has 2 unspecified atom stereocenters. The van der Waals surface area contributed by atoms with Gasteiger partial charge in [0, 0.05) is 6.04 Å². The van der Waals surface area contributed by atoms with E-state index in [4.69, 9.17) is 4.74 Å². The van der Waals surface area contributed by atoms with E-state index in [1.54, 1.807) is 19.1 Å². The number of halogens is 1. The van der Waals surface area contributed by atoms with Crippen LogP contribution >= 0.6 is 0 Å². The van der Waals surface area contributed by atoms with Crippen LogP contribution < -0.4 is 10.1 Å². The van der Waals surface area contributed by atoms with Crippen LogP contribution in [0.1, 0.15) is 45.6 Å². The Morgan fingerprint density at radius 1 is 1.40 bits per heavy atom. The van der Waals surface area contributed by atoms with E-state index in [1.165, 1.54) is 6.07 Å². The zero-order valence-corrected chi connectivity index (χ0v) is 13.0. The predicted octanol–water partition coefficient (Wildman–Crippen LogP) is 4.07. The van der Waals surface area contributed by atoms with E-state index >= 15 is 0 Å². The number of ether oxygens (including phenoxy) is 1. The molecule has 2 nitrogen and oxygen atoms in total. The molecule has 112 valence electrons. The zero-order chi connectivity index (χ0) is 14.8. The van der Waals surface area contributed by atoms with Crippen molar-refractivity contribution in [3.05, 3.63) is 29.6 Å². The predicted molar refractivity (Wildman–Crippen MR) is 80.6 cm³/mol. The highest BCUT2D eigenvalue weighted by atomic mass is 19.1. The van der Waals surface area contributed by atoms with Gasteiger partial charge in [0.1, 0.15) is 17.7 Å². The van der Waals surface area contributed by atoms with Gasteiger partial charge in [0.15, 0.2) is 0 Å². The Hall–Kier alpha value is -1.09. The van der Waals surface area contributed by atoms with Crippen LogP contribution in [0.5, 0.6) is 5.75 Å². The summed E-state index contributed by atoms with van der Waals surface area (Å²) in [5.74, 6) is 0.597. The number of aryl methyl sites for hydroxylation is 1. The Labute approximate surface area is 121 Å².